The zero-order valence-corrected chi connectivity index (χ0v) is 9.04. The van der Waals surface area contributed by atoms with E-state index < -0.39 is 0 Å². The van der Waals surface area contributed by atoms with E-state index in [2.05, 4.69) is 10.2 Å². The van der Waals surface area contributed by atoms with E-state index in [0.29, 0.717) is 17.0 Å². The number of azo groups is 1. The first-order valence-corrected chi connectivity index (χ1v) is 5.14. The average molecular weight is 222 g/mol. The van der Waals surface area contributed by atoms with Gasteiger partial charge in [-0.25, -0.2) is 0 Å². The highest BCUT2D eigenvalue weighted by Crippen LogP contribution is 2.15. The normalized spacial score (nSPS) is 18.5. The van der Waals surface area contributed by atoms with Crippen LogP contribution >= 0.6 is 0 Å². The minimum atomic E-state index is -0.111. The third-order valence-electron chi connectivity index (χ3n) is 2.25. The van der Waals surface area contributed by atoms with E-state index in [9.17, 15) is 0 Å². The van der Waals surface area contributed by atoms with Crippen molar-refractivity contribution >= 4 is 11.4 Å². The first-order chi connectivity index (χ1) is 8.28. The Kier molecular flexibility index (Phi) is 3.22. The summed E-state index contributed by atoms with van der Waals surface area (Å²) in [5.41, 5.74) is 1.79. The van der Waals surface area contributed by atoms with Crippen molar-refractivity contribution in [2.75, 3.05) is 0 Å². The number of hydrogen-bond donors (Lipinski definition) is 1. The molecule has 0 unspecified atom stereocenters. The predicted octanol–water partition coefficient (Wildman–Crippen LogP) is 3.16. The van der Waals surface area contributed by atoms with E-state index in [4.69, 9.17) is 10.7 Å². The number of nitriles is 1. The average Bonchev–Trinajstić information content (AvgIpc) is 2.39. The van der Waals surface area contributed by atoms with Crippen molar-refractivity contribution in [1.29, 1.82) is 10.7 Å². The van der Waals surface area contributed by atoms with Gasteiger partial charge in [-0.05, 0) is 36.4 Å². The van der Waals surface area contributed by atoms with Crippen LogP contribution in [0.2, 0.25) is 0 Å². The third-order valence-corrected chi connectivity index (χ3v) is 2.25. The fourth-order valence-electron chi connectivity index (χ4n) is 1.34. The maximum absolute atomic E-state index is 8.64. The minimum Gasteiger partial charge on any atom is -0.301 e. The van der Waals surface area contributed by atoms with E-state index in [-0.39, 0.29) is 6.04 Å². The molecule has 0 amide bonds. The van der Waals surface area contributed by atoms with Crippen LogP contribution in [0.1, 0.15) is 5.56 Å². The highest BCUT2D eigenvalue weighted by molar-refractivity contribution is 6.02. The van der Waals surface area contributed by atoms with E-state index in [1.807, 2.05) is 18.2 Å². The Morgan fingerprint density at radius 3 is 2.35 bits per heavy atom. The van der Waals surface area contributed by atoms with Gasteiger partial charge >= 0.3 is 0 Å². The fraction of sp³-hybridized carbons (Fsp3) is 0.0769. The Morgan fingerprint density at radius 1 is 1.12 bits per heavy atom. The van der Waals surface area contributed by atoms with Crippen molar-refractivity contribution in [1.82, 2.24) is 0 Å². The first-order valence-electron chi connectivity index (χ1n) is 5.14. The molecule has 0 spiro atoms. The lowest BCUT2D eigenvalue weighted by Crippen LogP contribution is -2.01. The van der Waals surface area contributed by atoms with Crippen molar-refractivity contribution in [2.45, 2.75) is 6.04 Å². The van der Waals surface area contributed by atoms with Crippen molar-refractivity contribution in [3.05, 3.63) is 54.1 Å². The summed E-state index contributed by atoms with van der Waals surface area (Å²) >= 11 is 0. The molecule has 0 heterocycles. The van der Waals surface area contributed by atoms with Crippen molar-refractivity contribution in [3.63, 3.8) is 0 Å². The number of rotatable bonds is 2. The van der Waals surface area contributed by atoms with Gasteiger partial charge in [0.25, 0.3) is 0 Å². The number of allylic oxidation sites excluding steroid dienone is 2. The van der Waals surface area contributed by atoms with Gasteiger partial charge < -0.3 is 5.41 Å². The standard InChI is InChI=1S/C13H10N4/c14-9-10-1-5-12(6-2-10)16-17-13-7-3-11(15)4-8-13/h1-8,13,15H. The van der Waals surface area contributed by atoms with Crippen LogP contribution in [0.25, 0.3) is 0 Å². The van der Waals surface area contributed by atoms with Gasteiger partial charge in [0.15, 0.2) is 0 Å². The van der Waals surface area contributed by atoms with E-state index in [0.717, 1.165) is 0 Å². The molecule has 0 bridgehead atoms. The molecule has 1 aliphatic carbocycles. The molecule has 17 heavy (non-hydrogen) atoms. The lowest BCUT2D eigenvalue weighted by Gasteiger charge is -2.03. The van der Waals surface area contributed by atoms with Gasteiger partial charge in [-0.3, -0.25) is 0 Å². The third kappa shape index (κ3) is 2.95. The Balaban J connectivity index is 2.05. The summed E-state index contributed by atoms with van der Waals surface area (Å²) in [6, 6.07) is 8.85. The molecule has 0 aliphatic heterocycles. The van der Waals surface area contributed by atoms with Gasteiger partial charge in [-0.15, -0.1) is 0 Å². The molecule has 0 radical (unpaired) electrons. The predicted molar refractivity (Wildman–Crippen MR) is 65.5 cm³/mol. The molecule has 0 fully saturated rings. The van der Waals surface area contributed by atoms with Crippen LogP contribution in [0, 0.1) is 16.7 Å². The van der Waals surface area contributed by atoms with E-state index in [1.165, 1.54) is 0 Å². The van der Waals surface area contributed by atoms with Gasteiger partial charge in [-0.2, -0.15) is 15.5 Å². The highest BCUT2D eigenvalue weighted by Gasteiger charge is 2.02. The smallest absolute Gasteiger partial charge is 0.108 e. The molecule has 1 aliphatic rings. The quantitative estimate of drug-likeness (QED) is 0.767. The fourth-order valence-corrected chi connectivity index (χ4v) is 1.34. The first kappa shape index (κ1) is 11.0. The molecule has 4 heteroatoms. The Bertz CT molecular complexity index is 528. The maximum atomic E-state index is 8.64. The molecule has 1 aromatic carbocycles. The Labute approximate surface area is 99.1 Å². The molecule has 4 nitrogen and oxygen atoms in total. The summed E-state index contributed by atoms with van der Waals surface area (Å²) in [4.78, 5) is 0. The van der Waals surface area contributed by atoms with Gasteiger partial charge in [0.1, 0.15) is 6.04 Å². The summed E-state index contributed by atoms with van der Waals surface area (Å²) in [5.74, 6) is 0. The molecule has 0 aromatic heterocycles. The molecule has 1 aromatic rings. The lowest BCUT2D eigenvalue weighted by atomic mass is 10.1. The Morgan fingerprint density at radius 2 is 1.76 bits per heavy atom. The minimum absolute atomic E-state index is 0.111. The second kappa shape index (κ2) is 4.99. The number of hydrogen-bond acceptors (Lipinski definition) is 4. The molecule has 0 atom stereocenters. The zero-order valence-electron chi connectivity index (χ0n) is 9.04. The largest absolute Gasteiger partial charge is 0.301 e. The molecule has 2 rings (SSSR count). The Hall–Kier alpha value is -2.54. The van der Waals surface area contributed by atoms with Crippen molar-refractivity contribution < 1.29 is 0 Å². The van der Waals surface area contributed by atoms with Crippen molar-refractivity contribution in [2.24, 2.45) is 10.2 Å². The topological polar surface area (TPSA) is 72.4 Å². The van der Waals surface area contributed by atoms with Gasteiger partial charge in [0.05, 0.1) is 23.0 Å². The maximum Gasteiger partial charge on any atom is 0.108 e. The van der Waals surface area contributed by atoms with Crippen molar-refractivity contribution in [3.8, 4) is 6.07 Å². The summed E-state index contributed by atoms with van der Waals surface area (Å²) in [6.45, 7) is 0. The lowest BCUT2D eigenvalue weighted by molar-refractivity contribution is 0.925. The second-order valence-corrected chi connectivity index (χ2v) is 3.54. The molecule has 82 valence electrons. The van der Waals surface area contributed by atoms with E-state index >= 15 is 0 Å². The monoisotopic (exact) mass is 222 g/mol. The van der Waals surface area contributed by atoms with Gasteiger partial charge in [0.2, 0.25) is 0 Å². The summed E-state index contributed by atoms with van der Waals surface area (Å²) in [7, 11) is 0. The number of nitrogens with one attached hydrogen (secondary N) is 1. The summed E-state index contributed by atoms with van der Waals surface area (Å²) < 4.78 is 0. The second-order valence-electron chi connectivity index (χ2n) is 3.54. The zero-order chi connectivity index (χ0) is 12.1. The molecule has 0 saturated heterocycles. The van der Waals surface area contributed by atoms with Crippen LogP contribution in [0.15, 0.2) is 58.8 Å². The summed E-state index contributed by atoms with van der Waals surface area (Å²) in [6.07, 6.45) is 7.02. The highest BCUT2D eigenvalue weighted by atomic mass is 15.1. The molecular formula is C13H10N4. The molecule has 1 N–H and O–H groups in total. The molecule has 0 saturated carbocycles. The van der Waals surface area contributed by atoms with Crippen LogP contribution in [-0.4, -0.2) is 11.8 Å². The van der Waals surface area contributed by atoms with Gasteiger partial charge in [-0.1, -0.05) is 12.2 Å². The SMILES string of the molecule is N#Cc1ccc(N=NC2C=CC(=N)C=C2)cc1. The van der Waals surface area contributed by atoms with Gasteiger partial charge in [0, 0.05) is 0 Å². The number of nitrogens with zero attached hydrogens (tertiary/aromatic N) is 3. The van der Waals surface area contributed by atoms with Crippen LogP contribution in [0.5, 0.6) is 0 Å². The van der Waals surface area contributed by atoms with Crippen LogP contribution < -0.4 is 0 Å². The summed E-state index contributed by atoms with van der Waals surface area (Å²) in [5, 5.41) is 24.2. The molecular weight excluding hydrogens is 212 g/mol. The van der Waals surface area contributed by atoms with Crippen LogP contribution in [0.4, 0.5) is 5.69 Å². The van der Waals surface area contributed by atoms with E-state index in [1.54, 1.807) is 36.4 Å². The van der Waals surface area contributed by atoms with Crippen LogP contribution in [0.3, 0.4) is 0 Å². The van der Waals surface area contributed by atoms with Crippen LogP contribution in [-0.2, 0) is 0 Å². The number of benzene rings is 1.